The van der Waals surface area contributed by atoms with Gasteiger partial charge in [-0.15, -0.1) is 0 Å². The first-order chi connectivity index (χ1) is 5.09. The van der Waals surface area contributed by atoms with Crippen LogP contribution >= 0.6 is 0 Å². The fourth-order valence-electron chi connectivity index (χ4n) is 0.820. The van der Waals surface area contributed by atoms with Gasteiger partial charge >= 0.3 is 29.6 Å². The van der Waals surface area contributed by atoms with Crippen LogP contribution in [0.1, 0.15) is 31.3 Å². The molecule has 60 valence electrons. The van der Waals surface area contributed by atoms with Crippen molar-refractivity contribution in [3.8, 4) is 5.88 Å². The van der Waals surface area contributed by atoms with Crippen molar-refractivity contribution < 1.29 is 34.7 Å². The fourth-order valence-corrected chi connectivity index (χ4v) is 0.820. The molecule has 4 heteroatoms. The number of hydrogen-bond acceptors (Lipinski definition) is 3. The molecular weight excluding hydrogens is 163 g/mol. The van der Waals surface area contributed by atoms with E-state index < -0.39 is 0 Å². The van der Waals surface area contributed by atoms with Crippen LogP contribution in [0.5, 0.6) is 5.88 Å². The summed E-state index contributed by atoms with van der Waals surface area (Å²) in [6.45, 7) is 5.73. The summed E-state index contributed by atoms with van der Waals surface area (Å²) in [5, 5.41) is 10.9. The Balaban J connectivity index is 0.00000121. The number of hydrogen-bond donors (Lipinski definition) is 0. The number of aryl methyl sites for hydroxylation is 1. The summed E-state index contributed by atoms with van der Waals surface area (Å²) in [6.07, 6.45) is 0. The Morgan fingerprint density at radius 2 is 1.92 bits per heavy atom. The average molecular weight is 174 g/mol. The topological polar surface area (TPSA) is 48.8 Å². The molecule has 0 saturated heterocycles. The van der Waals surface area contributed by atoms with Gasteiger partial charge < -0.3 is 5.11 Å². The zero-order valence-electron chi connectivity index (χ0n) is 7.96. The molecule has 0 N–H and O–H groups in total. The molecule has 1 rings (SSSR count). The standard InChI is InChI=1S/C8H12N2O.Na/c1-5(2)8-9-6(3)4-7(11)10-8;/h4-5H,1-3H3,(H,9,10,11);/q;+1/p-1. The zero-order valence-corrected chi connectivity index (χ0v) is 9.96. The second kappa shape index (κ2) is 4.80. The molecule has 0 fully saturated rings. The van der Waals surface area contributed by atoms with Gasteiger partial charge in [-0.3, -0.25) is 0 Å². The molecule has 1 heterocycles. The molecule has 0 radical (unpaired) electrons. The summed E-state index contributed by atoms with van der Waals surface area (Å²) in [5.74, 6) is 0.666. The summed E-state index contributed by atoms with van der Waals surface area (Å²) in [7, 11) is 0. The van der Waals surface area contributed by atoms with Crippen molar-refractivity contribution in [1.29, 1.82) is 0 Å². The monoisotopic (exact) mass is 174 g/mol. The van der Waals surface area contributed by atoms with E-state index in [2.05, 4.69) is 9.97 Å². The Kier molecular flexibility index (Phi) is 4.75. The maximum atomic E-state index is 10.9. The summed E-state index contributed by atoms with van der Waals surface area (Å²) >= 11 is 0. The molecule has 12 heavy (non-hydrogen) atoms. The number of rotatable bonds is 1. The Hall–Kier alpha value is -0.120. The Morgan fingerprint density at radius 3 is 2.33 bits per heavy atom. The molecule has 0 aliphatic carbocycles. The van der Waals surface area contributed by atoms with E-state index in [1.807, 2.05) is 13.8 Å². The smallest absolute Gasteiger partial charge is 0.859 e. The van der Waals surface area contributed by atoms with Crippen LogP contribution in [-0.4, -0.2) is 9.97 Å². The summed E-state index contributed by atoms with van der Waals surface area (Å²) in [5.41, 5.74) is 0.744. The predicted molar refractivity (Wildman–Crippen MR) is 40.3 cm³/mol. The van der Waals surface area contributed by atoms with Crippen LogP contribution in [0.4, 0.5) is 0 Å². The van der Waals surface area contributed by atoms with Crippen molar-refractivity contribution >= 4 is 0 Å². The largest absolute Gasteiger partial charge is 1.00 e. The van der Waals surface area contributed by atoms with E-state index >= 15 is 0 Å². The summed E-state index contributed by atoms with van der Waals surface area (Å²) < 4.78 is 0. The minimum atomic E-state index is -0.193. The van der Waals surface area contributed by atoms with Gasteiger partial charge in [0, 0.05) is 11.6 Å². The molecule has 0 aliphatic heterocycles. The van der Waals surface area contributed by atoms with Crippen LogP contribution in [-0.2, 0) is 0 Å². The Labute approximate surface area is 94.5 Å². The van der Waals surface area contributed by atoms with Crippen LogP contribution in [0.2, 0.25) is 0 Å². The van der Waals surface area contributed by atoms with Gasteiger partial charge in [0.2, 0.25) is 0 Å². The first kappa shape index (κ1) is 11.9. The van der Waals surface area contributed by atoms with E-state index in [1.54, 1.807) is 6.92 Å². The van der Waals surface area contributed by atoms with Gasteiger partial charge in [0.15, 0.2) is 0 Å². The maximum absolute atomic E-state index is 10.9. The van der Waals surface area contributed by atoms with Gasteiger partial charge in [0.05, 0.1) is 0 Å². The van der Waals surface area contributed by atoms with E-state index in [9.17, 15) is 5.11 Å². The molecule has 0 spiro atoms. The molecule has 0 atom stereocenters. The minimum Gasteiger partial charge on any atom is -0.859 e. The Bertz CT molecular complexity index is 243. The molecule has 0 amide bonds. The van der Waals surface area contributed by atoms with E-state index in [0.29, 0.717) is 5.82 Å². The van der Waals surface area contributed by atoms with Crippen molar-refractivity contribution in [3.05, 3.63) is 17.6 Å². The molecule has 0 aliphatic rings. The van der Waals surface area contributed by atoms with Crippen LogP contribution in [0.25, 0.3) is 0 Å². The number of nitrogens with zero attached hydrogens (tertiary/aromatic N) is 2. The van der Waals surface area contributed by atoms with E-state index in [1.165, 1.54) is 6.07 Å². The van der Waals surface area contributed by atoms with Gasteiger partial charge in [-0.2, -0.15) is 0 Å². The maximum Gasteiger partial charge on any atom is 1.00 e. The van der Waals surface area contributed by atoms with Crippen molar-refractivity contribution in [2.45, 2.75) is 26.7 Å². The second-order valence-electron chi connectivity index (χ2n) is 2.86. The zero-order chi connectivity index (χ0) is 8.43. The second-order valence-corrected chi connectivity index (χ2v) is 2.86. The van der Waals surface area contributed by atoms with Gasteiger partial charge in [-0.25, -0.2) is 9.97 Å². The van der Waals surface area contributed by atoms with Crippen LogP contribution in [0.15, 0.2) is 6.07 Å². The molecule has 0 saturated carbocycles. The average Bonchev–Trinajstić information content (AvgIpc) is 1.85. The predicted octanol–water partition coefficient (Wildman–Crippen LogP) is -2.01. The first-order valence-electron chi connectivity index (χ1n) is 3.62. The van der Waals surface area contributed by atoms with Crippen LogP contribution in [0, 0.1) is 6.92 Å². The van der Waals surface area contributed by atoms with E-state index in [0.717, 1.165) is 5.69 Å². The van der Waals surface area contributed by atoms with Gasteiger partial charge in [-0.1, -0.05) is 13.8 Å². The van der Waals surface area contributed by atoms with Gasteiger partial charge in [-0.05, 0) is 18.9 Å². The van der Waals surface area contributed by atoms with Crippen LogP contribution in [0.3, 0.4) is 0 Å². The Morgan fingerprint density at radius 1 is 1.33 bits per heavy atom. The van der Waals surface area contributed by atoms with Crippen molar-refractivity contribution in [3.63, 3.8) is 0 Å². The summed E-state index contributed by atoms with van der Waals surface area (Å²) in [6, 6.07) is 1.44. The summed E-state index contributed by atoms with van der Waals surface area (Å²) in [4.78, 5) is 7.89. The van der Waals surface area contributed by atoms with E-state index in [4.69, 9.17) is 0 Å². The SMILES string of the molecule is Cc1cc([O-])nc(C(C)C)n1.[Na+]. The molecule has 0 bridgehead atoms. The van der Waals surface area contributed by atoms with Crippen molar-refractivity contribution in [2.75, 3.05) is 0 Å². The van der Waals surface area contributed by atoms with E-state index in [-0.39, 0.29) is 41.4 Å². The van der Waals surface area contributed by atoms with Crippen LogP contribution < -0.4 is 34.7 Å². The van der Waals surface area contributed by atoms with Gasteiger partial charge in [0.25, 0.3) is 0 Å². The molecule has 0 aromatic carbocycles. The quantitative estimate of drug-likeness (QED) is 0.462. The third kappa shape index (κ3) is 3.09. The third-order valence-electron chi connectivity index (χ3n) is 1.36. The van der Waals surface area contributed by atoms with Gasteiger partial charge in [0.1, 0.15) is 5.82 Å². The molecule has 3 nitrogen and oxygen atoms in total. The normalized spacial score (nSPS) is 9.67. The minimum absolute atomic E-state index is 0. The first-order valence-corrected chi connectivity index (χ1v) is 3.62. The number of aromatic nitrogens is 2. The molecule has 0 unspecified atom stereocenters. The molecule has 1 aromatic heterocycles. The molecular formula is C8H11N2NaO. The fraction of sp³-hybridized carbons (Fsp3) is 0.500. The molecule has 1 aromatic rings. The third-order valence-corrected chi connectivity index (χ3v) is 1.36. The van der Waals surface area contributed by atoms with Crippen molar-refractivity contribution in [2.24, 2.45) is 0 Å². The van der Waals surface area contributed by atoms with Crippen molar-refractivity contribution in [1.82, 2.24) is 9.97 Å².